The number of benzene rings is 2. The van der Waals surface area contributed by atoms with Crippen molar-refractivity contribution in [3.8, 4) is 11.1 Å². The minimum absolute atomic E-state index is 0.0629. The molecule has 0 radical (unpaired) electrons. The minimum Gasteiger partial charge on any atom is -0.469 e. The van der Waals surface area contributed by atoms with Gasteiger partial charge in [0, 0.05) is 31.6 Å². The standard InChI is InChI=1S/C33H46N2O6/c1-8-9-10-11-19-35(24(2)20-30(37)40-7)31(38)29(34(6)32(39)41-33(3,4)5)22-25-15-17-27(18-16-25)28-14-12-13-26(21-28)23-36/h12-18,21,23-24,29H,8-11,19-20,22H2,1-7H3. The monoisotopic (exact) mass is 566 g/mol. The summed E-state index contributed by atoms with van der Waals surface area (Å²) in [6, 6.07) is 13.8. The molecule has 0 fully saturated rings. The minimum atomic E-state index is -0.847. The molecule has 8 nitrogen and oxygen atoms in total. The highest BCUT2D eigenvalue weighted by atomic mass is 16.6. The van der Waals surface area contributed by atoms with Crippen LogP contribution in [0.15, 0.2) is 48.5 Å². The molecule has 2 rings (SSSR count). The van der Waals surface area contributed by atoms with Crippen molar-refractivity contribution in [3.05, 3.63) is 59.7 Å². The smallest absolute Gasteiger partial charge is 0.410 e. The van der Waals surface area contributed by atoms with Gasteiger partial charge in [0.1, 0.15) is 17.9 Å². The molecular formula is C33H46N2O6. The lowest BCUT2D eigenvalue weighted by Crippen LogP contribution is -2.54. The van der Waals surface area contributed by atoms with Gasteiger partial charge in [-0.1, -0.05) is 68.7 Å². The summed E-state index contributed by atoms with van der Waals surface area (Å²) in [4.78, 5) is 53.7. The van der Waals surface area contributed by atoms with Gasteiger partial charge >= 0.3 is 12.1 Å². The van der Waals surface area contributed by atoms with E-state index in [1.54, 1.807) is 38.8 Å². The summed E-state index contributed by atoms with van der Waals surface area (Å²) in [5.41, 5.74) is 2.57. The number of likely N-dealkylation sites (N-methyl/N-ethyl adjacent to an activating group) is 1. The molecule has 0 aliphatic rings. The zero-order chi connectivity index (χ0) is 30.6. The lowest BCUT2D eigenvalue weighted by atomic mass is 9.98. The number of methoxy groups -OCH3 is 1. The number of nitrogens with zero attached hydrogens (tertiary/aromatic N) is 2. The van der Waals surface area contributed by atoms with E-state index in [1.807, 2.05) is 49.4 Å². The Hall–Kier alpha value is -3.68. The highest BCUT2D eigenvalue weighted by molar-refractivity contribution is 5.87. The first-order chi connectivity index (χ1) is 19.4. The highest BCUT2D eigenvalue weighted by Gasteiger charge is 2.35. The Morgan fingerprint density at radius 3 is 2.24 bits per heavy atom. The maximum atomic E-state index is 14.2. The van der Waals surface area contributed by atoms with Crippen molar-refractivity contribution in [1.82, 2.24) is 9.80 Å². The molecule has 2 aromatic carbocycles. The molecule has 2 atom stereocenters. The average Bonchev–Trinajstić information content (AvgIpc) is 2.94. The second-order valence-corrected chi connectivity index (χ2v) is 11.5. The number of hydrogen-bond acceptors (Lipinski definition) is 6. The molecule has 2 amide bonds. The fourth-order valence-corrected chi connectivity index (χ4v) is 4.58. The van der Waals surface area contributed by atoms with E-state index in [0.717, 1.165) is 48.7 Å². The average molecular weight is 567 g/mol. The van der Waals surface area contributed by atoms with Crippen LogP contribution in [0.4, 0.5) is 4.79 Å². The number of rotatable bonds is 14. The summed E-state index contributed by atoms with van der Waals surface area (Å²) in [6.07, 6.45) is 4.42. The summed E-state index contributed by atoms with van der Waals surface area (Å²) in [5.74, 6) is -0.635. The lowest BCUT2D eigenvalue weighted by molar-refractivity contribution is -0.145. The van der Waals surface area contributed by atoms with Crippen LogP contribution in [0.3, 0.4) is 0 Å². The quantitative estimate of drug-likeness (QED) is 0.151. The fraction of sp³-hybridized carbons (Fsp3) is 0.515. The SMILES string of the molecule is CCCCCCN(C(=O)C(Cc1ccc(-c2cccc(C=O)c2)cc1)N(C)C(=O)OC(C)(C)C)C(C)CC(=O)OC. The van der Waals surface area contributed by atoms with Crippen LogP contribution in [-0.4, -0.2) is 72.4 Å². The molecule has 0 saturated heterocycles. The van der Waals surface area contributed by atoms with E-state index in [1.165, 1.54) is 12.0 Å². The summed E-state index contributed by atoms with van der Waals surface area (Å²) in [5, 5.41) is 0. The second kappa shape index (κ2) is 15.9. The Labute approximate surface area is 245 Å². The van der Waals surface area contributed by atoms with E-state index in [-0.39, 0.29) is 18.7 Å². The van der Waals surface area contributed by atoms with Crippen LogP contribution in [0.5, 0.6) is 0 Å². The molecule has 2 unspecified atom stereocenters. The number of unbranched alkanes of at least 4 members (excludes halogenated alkanes) is 3. The summed E-state index contributed by atoms with van der Waals surface area (Å²) < 4.78 is 10.5. The van der Waals surface area contributed by atoms with E-state index in [2.05, 4.69) is 6.92 Å². The number of amides is 2. The van der Waals surface area contributed by atoms with Crippen LogP contribution in [0.2, 0.25) is 0 Å². The van der Waals surface area contributed by atoms with Crippen molar-refractivity contribution in [1.29, 1.82) is 0 Å². The maximum Gasteiger partial charge on any atom is 0.410 e. The Kier molecular flexibility index (Phi) is 13.0. The zero-order valence-corrected chi connectivity index (χ0v) is 25.6. The summed E-state index contributed by atoms with van der Waals surface area (Å²) in [6.45, 7) is 9.78. The van der Waals surface area contributed by atoms with Gasteiger partial charge < -0.3 is 14.4 Å². The van der Waals surface area contributed by atoms with Gasteiger partial charge in [-0.05, 0) is 56.9 Å². The molecule has 0 spiro atoms. The molecule has 0 heterocycles. The lowest BCUT2D eigenvalue weighted by Gasteiger charge is -2.36. The van der Waals surface area contributed by atoms with Gasteiger partial charge in [0.15, 0.2) is 0 Å². The van der Waals surface area contributed by atoms with Crippen molar-refractivity contribution in [2.75, 3.05) is 20.7 Å². The highest BCUT2D eigenvalue weighted by Crippen LogP contribution is 2.23. The Balaban J connectivity index is 2.40. The van der Waals surface area contributed by atoms with Crippen LogP contribution in [0.1, 0.15) is 82.6 Å². The molecule has 8 heteroatoms. The molecule has 41 heavy (non-hydrogen) atoms. The number of esters is 1. The summed E-state index contributed by atoms with van der Waals surface area (Å²) >= 11 is 0. The van der Waals surface area contributed by atoms with Crippen molar-refractivity contribution in [2.45, 2.75) is 90.8 Å². The van der Waals surface area contributed by atoms with E-state index in [9.17, 15) is 19.2 Å². The van der Waals surface area contributed by atoms with Gasteiger partial charge in [0.05, 0.1) is 13.5 Å². The second-order valence-electron chi connectivity index (χ2n) is 11.5. The first-order valence-corrected chi connectivity index (χ1v) is 14.4. The van der Waals surface area contributed by atoms with E-state index >= 15 is 0 Å². The molecule has 0 saturated carbocycles. The Morgan fingerprint density at radius 2 is 1.66 bits per heavy atom. The molecular weight excluding hydrogens is 520 g/mol. The van der Waals surface area contributed by atoms with Gasteiger partial charge in [-0.25, -0.2) is 4.79 Å². The molecule has 2 aromatic rings. The van der Waals surface area contributed by atoms with Crippen LogP contribution in [-0.2, 0) is 25.5 Å². The number of carbonyl (C=O) groups is 4. The van der Waals surface area contributed by atoms with Crippen LogP contribution >= 0.6 is 0 Å². The molecule has 0 N–H and O–H groups in total. The van der Waals surface area contributed by atoms with Crippen LogP contribution in [0, 0.1) is 0 Å². The van der Waals surface area contributed by atoms with E-state index < -0.39 is 29.7 Å². The largest absolute Gasteiger partial charge is 0.469 e. The molecule has 0 aliphatic carbocycles. The van der Waals surface area contributed by atoms with E-state index in [0.29, 0.717) is 12.1 Å². The van der Waals surface area contributed by atoms with Crippen LogP contribution < -0.4 is 0 Å². The van der Waals surface area contributed by atoms with Gasteiger partial charge in [-0.2, -0.15) is 0 Å². The molecule has 224 valence electrons. The zero-order valence-electron chi connectivity index (χ0n) is 25.6. The predicted octanol–water partition coefficient (Wildman–Crippen LogP) is 6.30. The molecule has 0 aromatic heterocycles. The van der Waals surface area contributed by atoms with Crippen LogP contribution in [0.25, 0.3) is 11.1 Å². The fourth-order valence-electron chi connectivity index (χ4n) is 4.58. The van der Waals surface area contributed by atoms with Gasteiger partial charge in [0.25, 0.3) is 0 Å². The van der Waals surface area contributed by atoms with Gasteiger partial charge in [-0.3, -0.25) is 19.3 Å². The Morgan fingerprint density at radius 1 is 0.976 bits per heavy atom. The molecule has 0 bridgehead atoms. The number of carbonyl (C=O) groups excluding carboxylic acids is 4. The third-order valence-electron chi connectivity index (χ3n) is 6.93. The van der Waals surface area contributed by atoms with Crippen molar-refractivity contribution >= 4 is 24.3 Å². The van der Waals surface area contributed by atoms with Crippen molar-refractivity contribution < 1.29 is 28.7 Å². The predicted molar refractivity (Wildman–Crippen MR) is 161 cm³/mol. The normalized spacial score (nSPS) is 12.7. The third-order valence-corrected chi connectivity index (χ3v) is 6.93. The first kappa shape index (κ1) is 33.5. The topological polar surface area (TPSA) is 93.2 Å². The maximum absolute atomic E-state index is 14.2. The number of ether oxygens (including phenoxy) is 2. The third kappa shape index (κ3) is 10.7. The van der Waals surface area contributed by atoms with Gasteiger partial charge in [-0.15, -0.1) is 0 Å². The Bertz CT molecular complexity index is 1160. The van der Waals surface area contributed by atoms with E-state index in [4.69, 9.17) is 9.47 Å². The number of hydrogen-bond donors (Lipinski definition) is 0. The van der Waals surface area contributed by atoms with Crippen molar-refractivity contribution in [3.63, 3.8) is 0 Å². The number of aldehydes is 1. The van der Waals surface area contributed by atoms with Crippen molar-refractivity contribution in [2.24, 2.45) is 0 Å². The first-order valence-electron chi connectivity index (χ1n) is 14.4. The molecule has 0 aliphatic heterocycles. The summed E-state index contributed by atoms with van der Waals surface area (Å²) in [7, 11) is 2.91. The van der Waals surface area contributed by atoms with Gasteiger partial charge in [0.2, 0.25) is 5.91 Å².